The number of nitrogens with zero attached hydrogens (tertiary/aromatic N) is 1. The topological polar surface area (TPSA) is 57.6 Å². The fourth-order valence-electron chi connectivity index (χ4n) is 3.24. The van der Waals surface area contributed by atoms with Crippen LogP contribution in [0.1, 0.15) is 51.9 Å². The molecule has 0 bridgehead atoms. The maximum atomic E-state index is 12.5. The Balaban J connectivity index is 1.86. The summed E-state index contributed by atoms with van der Waals surface area (Å²) in [6.45, 7) is 3.60. The summed E-state index contributed by atoms with van der Waals surface area (Å²) in [5, 5.41) is 8.77. The number of carboxylic acids is 1. The average molecular weight is 253 g/mol. The van der Waals surface area contributed by atoms with Gasteiger partial charge < -0.3 is 10.0 Å². The summed E-state index contributed by atoms with van der Waals surface area (Å²) in [6, 6.07) is 0. The monoisotopic (exact) mass is 253 g/mol. The molecule has 0 unspecified atom stereocenters. The van der Waals surface area contributed by atoms with Crippen molar-refractivity contribution in [2.75, 3.05) is 13.1 Å². The van der Waals surface area contributed by atoms with E-state index in [-0.39, 0.29) is 17.8 Å². The molecule has 1 N–H and O–H groups in total. The van der Waals surface area contributed by atoms with Crippen LogP contribution in [0.25, 0.3) is 0 Å². The van der Waals surface area contributed by atoms with Gasteiger partial charge in [0.15, 0.2) is 0 Å². The van der Waals surface area contributed by atoms with Crippen molar-refractivity contribution >= 4 is 11.9 Å². The van der Waals surface area contributed by atoms with Crippen LogP contribution in [0.3, 0.4) is 0 Å². The Hall–Kier alpha value is -1.06. The third kappa shape index (κ3) is 2.52. The Morgan fingerprint density at radius 1 is 1.28 bits per heavy atom. The normalized spacial score (nSPS) is 23.5. The van der Waals surface area contributed by atoms with Crippen LogP contribution in [0, 0.1) is 11.3 Å². The van der Waals surface area contributed by atoms with Gasteiger partial charge in [0.05, 0.1) is 0 Å². The molecule has 102 valence electrons. The molecule has 0 aromatic carbocycles. The molecule has 2 fully saturated rings. The van der Waals surface area contributed by atoms with Gasteiger partial charge in [0, 0.05) is 24.9 Å². The maximum Gasteiger partial charge on any atom is 0.303 e. The molecule has 1 aliphatic heterocycles. The van der Waals surface area contributed by atoms with Gasteiger partial charge in [-0.1, -0.05) is 13.3 Å². The average Bonchev–Trinajstić information content (AvgIpc) is 2.28. The van der Waals surface area contributed by atoms with Gasteiger partial charge in [0.1, 0.15) is 0 Å². The van der Waals surface area contributed by atoms with Gasteiger partial charge in [-0.2, -0.15) is 0 Å². The second kappa shape index (κ2) is 5.29. The molecule has 4 heteroatoms. The molecule has 2 rings (SSSR count). The Kier molecular flexibility index (Phi) is 3.93. The van der Waals surface area contributed by atoms with Crippen molar-refractivity contribution in [2.24, 2.45) is 11.3 Å². The maximum absolute atomic E-state index is 12.5. The lowest BCUT2D eigenvalue weighted by Crippen LogP contribution is -2.50. The molecule has 0 radical (unpaired) electrons. The highest BCUT2D eigenvalue weighted by Crippen LogP contribution is 2.45. The number of carboxylic acid groups (broad SMARTS) is 1. The lowest BCUT2D eigenvalue weighted by Gasteiger charge is -2.44. The van der Waals surface area contributed by atoms with Crippen LogP contribution in [0.4, 0.5) is 0 Å². The van der Waals surface area contributed by atoms with Gasteiger partial charge in [-0.05, 0) is 38.0 Å². The Labute approximate surface area is 108 Å². The molecular weight excluding hydrogens is 230 g/mol. The Morgan fingerprint density at radius 3 is 2.28 bits per heavy atom. The van der Waals surface area contributed by atoms with E-state index in [1.54, 1.807) is 0 Å². The number of carbonyl (C=O) groups excluding carboxylic acids is 1. The highest BCUT2D eigenvalue weighted by molar-refractivity contribution is 5.83. The van der Waals surface area contributed by atoms with E-state index in [1.807, 2.05) is 4.90 Å². The first-order valence-corrected chi connectivity index (χ1v) is 7.08. The van der Waals surface area contributed by atoms with Crippen molar-refractivity contribution in [2.45, 2.75) is 51.9 Å². The van der Waals surface area contributed by atoms with Crippen molar-refractivity contribution in [3.8, 4) is 0 Å². The molecular formula is C14H23NO3. The number of hydrogen-bond acceptors (Lipinski definition) is 2. The van der Waals surface area contributed by atoms with Gasteiger partial charge in [-0.25, -0.2) is 0 Å². The molecule has 0 aromatic heterocycles. The molecule has 0 spiro atoms. The summed E-state index contributed by atoms with van der Waals surface area (Å²) in [6.07, 6.45) is 6.14. The zero-order chi connectivity index (χ0) is 13.2. The fourth-order valence-corrected chi connectivity index (χ4v) is 3.24. The van der Waals surface area contributed by atoms with Gasteiger partial charge in [-0.15, -0.1) is 0 Å². The molecule has 1 aliphatic carbocycles. The molecule has 1 amide bonds. The first-order valence-electron chi connectivity index (χ1n) is 7.08. The summed E-state index contributed by atoms with van der Waals surface area (Å²) < 4.78 is 0. The van der Waals surface area contributed by atoms with E-state index in [1.165, 1.54) is 6.42 Å². The van der Waals surface area contributed by atoms with E-state index in [2.05, 4.69) is 6.92 Å². The highest BCUT2D eigenvalue weighted by atomic mass is 16.4. The molecule has 0 aromatic rings. The van der Waals surface area contributed by atoms with E-state index in [0.29, 0.717) is 5.91 Å². The first kappa shape index (κ1) is 13.4. The van der Waals surface area contributed by atoms with Gasteiger partial charge in [0.25, 0.3) is 0 Å². The minimum atomic E-state index is -0.719. The van der Waals surface area contributed by atoms with Gasteiger partial charge in [0.2, 0.25) is 5.91 Å². The lowest BCUT2D eigenvalue weighted by atomic mass is 9.66. The SMILES string of the molecule is CCC1(C(=O)N2CCC(CC(=O)O)CC2)CCC1. The Bertz CT molecular complexity index is 322. The van der Waals surface area contributed by atoms with E-state index in [9.17, 15) is 9.59 Å². The van der Waals surface area contributed by atoms with Gasteiger partial charge in [-0.3, -0.25) is 9.59 Å². The number of amides is 1. The first-order chi connectivity index (χ1) is 8.57. The quantitative estimate of drug-likeness (QED) is 0.836. The van der Waals surface area contributed by atoms with Crippen LogP contribution in [-0.2, 0) is 9.59 Å². The molecule has 0 atom stereocenters. The number of aliphatic carboxylic acids is 1. The van der Waals surface area contributed by atoms with E-state index < -0.39 is 5.97 Å². The second-order valence-corrected chi connectivity index (χ2v) is 5.82. The fraction of sp³-hybridized carbons (Fsp3) is 0.857. The van der Waals surface area contributed by atoms with Gasteiger partial charge >= 0.3 is 5.97 Å². The molecule has 18 heavy (non-hydrogen) atoms. The Morgan fingerprint density at radius 2 is 1.89 bits per heavy atom. The number of hydrogen-bond donors (Lipinski definition) is 1. The van der Waals surface area contributed by atoms with Crippen molar-refractivity contribution < 1.29 is 14.7 Å². The standard InChI is InChI=1S/C14H23NO3/c1-2-14(6-3-7-14)13(18)15-8-4-11(5-9-15)10-12(16)17/h11H,2-10H2,1H3,(H,16,17). The predicted octanol–water partition coefficient (Wildman–Crippen LogP) is 2.28. The zero-order valence-electron chi connectivity index (χ0n) is 11.2. The van der Waals surface area contributed by atoms with Crippen LogP contribution < -0.4 is 0 Å². The molecule has 4 nitrogen and oxygen atoms in total. The van der Waals surface area contributed by atoms with Crippen molar-refractivity contribution in [3.63, 3.8) is 0 Å². The number of likely N-dealkylation sites (tertiary alicyclic amines) is 1. The van der Waals surface area contributed by atoms with Crippen LogP contribution in [-0.4, -0.2) is 35.0 Å². The summed E-state index contributed by atoms with van der Waals surface area (Å²) in [4.78, 5) is 25.1. The number of piperidine rings is 1. The number of rotatable bonds is 4. The van der Waals surface area contributed by atoms with Crippen molar-refractivity contribution in [3.05, 3.63) is 0 Å². The van der Waals surface area contributed by atoms with Crippen LogP contribution in [0.5, 0.6) is 0 Å². The molecule has 1 heterocycles. The zero-order valence-corrected chi connectivity index (χ0v) is 11.2. The predicted molar refractivity (Wildman–Crippen MR) is 68.1 cm³/mol. The van der Waals surface area contributed by atoms with Crippen molar-refractivity contribution in [1.29, 1.82) is 0 Å². The summed E-state index contributed by atoms with van der Waals surface area (Å²) >= 11 is 0. The second-order valence-electron chi connectivity index (χ2n) is 5.82. The highest BCUT2D eigenvalue weighted by Gasteiger charge is 2.45. The molecule has 2 aliphatic rings. The van der Waals surface area contributed by atoms with E-state index in [0.717, 1.165) is 45.2 Å². The molecule has 1 saturated carbocycles. The third-order valence-corrected chi connectivity index (χ3v) is 4.81. The van der Waals surface area contributed by atoms with E-state index >= 15 is 0 Å². The van der Waals surface area contributed by atoms with Crippen molar-refractivity contribution in [1.82, 2.24) is 4.90 Å². The minimum Gasteiger partial charge on any atom is -0.481 e. The van der Waals surface area contributed by atoms with E-state index in [4.69, 9.17) is 5.11 Å². The summed E-state index contributed by atoms with van der Waals surface area (Å²) in [7, 11) is 0. The largest absolute Gasteiger partial charge is 0.481 e. The summed E-state index contributed by atoms with van der Waals surface area (Å²) in [5.74, 6) is -0.139. The van der Waals surface area contributed by atoms with Crippen LogP contribution >= 0.6 is 0 Å². The molecule has 1 saturated heterocycles. The lowest BCUT2D eigenvalue weighted by molar-refractivity contribution is -0.149. The third-order valence-electron chi connectivity index (χ3n) is 4.81. The smallest absolute Gasteiger partial charge is 0.303 e. The van der Waals surface area contributed by atoms with Crippen LogP contribution in [0.15, 0.2) is 0 Å². The number of carbonyl (C=O) groups is 2. The van der Waals surface area contributed by atoms with Crippen LogP contribution in [0.2, 0.25) is 0 Å². The minimum absolute atomic E-state index is 0.0698. The summed E-state index contributed by atoms with van der Waals surface area (Å²) in [5.41, 5.74) is -0.0698.